The number of carbonyl (C=O) groups excluding carboxylic acids is 1. The number of benzene rings is 4. The molecule has 2 N–H and O–H groups in total. The number of nitriles is 1. The number of amides is 1. The molecule has 1 amide bonds. The highest BCUT2D eigenvalue weighted by Crippen LogP contribution is 2.30. The van der Waals surface area contributed by atoms with Crippen LogP contribution in [0.3, 0.4) is 0 Å². The normalized spacial score (nSPS) is 11.7. The molecule has 6 aromatic rings. The lowest BCUT2D eigenvalue weighted by Gasteiger charge is -2.17. The van der Waals surface area contributed by atoms with E-state index in [1.54, 1.807) is 35.1 Å². The number of carboxylic acid groups (broad SMARTS) is 1. The minimum absolute atomic E-state index is 0.178. The van der Waals surface area contributed by atoms with E-state index in [2.05, 4.69) is 16.5 Å². The Labute approximate surface area is 241 Å². The van der Waals surface area contributed by atoms with Gasteiger partial charge in [0, 0.05) is 10.8 Å². The van der Waals surface area contributed by atoms with Crippen molar-refractivity contribution in [3.05, 3.63) is 131 Å². The summed E-state index contributed by atoms with van der Waals surface area (Å²) in [6.45, 7) is 2.21. The van der Waals surface area contributed by atoms with Crippen molar-refractivity contribution in [3.8, 4) is 17.2 Å². The van der Waals surface area contributed by atoms with Gasteiger partial charge in [-0.05, 0) is 72.1 Å². The largest absolute Gasteiger partial charge is 0.478 e. The fraction of sp³-hybridized carbons (Fsp3) is 0.0882. The molecule has 0 fully saturated rings. The van der Waals surface area contributed by atoms with Crippen molar-refractivity contribution in [2.45, 2.75) is 19.5 Å². The summed E-state index contributed by atoms with van der Waals surface area (Å²) in [6.07, 6.45) is 1.73. The van der Waals surface area contributed by atoms with Gasteiger partial charge < -0.3 is 10.4 Å². The van der Waals surface area contributed by atoms with Gasteiger partial charge in [-0.1, -0.05) is 48.5 Å². The number of aromatic nitrogens is 3. The van der Waals surface area contributed by atoms with Gasteiger partial charge in [0.25, 0.3) is 5.91 Å². The Hall–Kier alpha value is -5.81. The zero-order chi connectivity index (χ0) is 29.2. The third-order valence-corrected chi connectivity index (χ3v) is 7.28. The van der Waals surface area contributed by atoms with Crippen LogP contribution in [-0.4, -0.2) is 31.7 Å². The highest BCUT2D eigenvalue weighted by Gasteiger charge is 2.20. The van der Waals surface area contributed by atoms with E-state index >= 15 is 0 Å². The van der Waals surface area contributed by atoms with Gasteiger partial charge in [0.2, 0.25) is 0 Å². The Bertz CT molecular complexity index is 2020. The Kier molecular flexibility index (Phi) is 6.91. The molecule has 6 rings (SSSR count). The van der Waals surface area contributed by atoms with Crippen LogP contribution in [0, 0.1) is 11.3 Å². The molecule has 1 atom stereocenters. The molecular formula is C34H25N5O3. The molecule has 42 heavy (non-hydrogen) atoms. The van der Waals surface area contributed by atoms with Gasteiger partial charge in [-0.15, -0.1) is 0 Å². The van der Waals surface area contributed by atoms with Crippen molar-refractivity contribution in [2.75, 3.05) is 0 Å². The number of nitrogens with one attached hydrogen (secondary N) is 1. The fourth-order valence-corrected chi connectivity index (χ4v) is 5.08. The lowest BCUT2D eigenvalue weighted by molar-refractivity contribution is 0.0696. The average Bonchev–Trinajstić information content (AvgIpc) is 3.42. The van der Waals surface area contributed by atoms with E-state index in [-0.39, 0.29) is 17.5 Å². The molecule has 0 saturated carbocycles. The van der Waals surface area contributed by atoms with Crippen molar-refractivity contribution < 1.29 is 14.7 Å². The van der Waals surface area contributed by atoms with Crippen molar-refractivity contribution in [2.24, 2.45) is 0 Å². The van der Waals surface area contributed by atoms with Crippen molar-refractivity contribution in [1.82, 2.24) is 20.1 Å². The first kappa shape index (κ1) is 26.4. The zero-order valence-corrected chi connectivity index (χ0v) is 22.7. The topological polar surface area (TPSA) is 121 Å². The number of pyridine rings is 1. The van der Waals surface area contributed by atoms with Gasteiger partial charge in [0.15, 0.2) is 0 Å². The SMILES string of the molecule is C[C@H](NC(=O)c1cc(-c2cccc(C#N)c2)cc2cnn(Cc3ccc4ccccc4n3)c12)c1ccc(C(=O)O)cc1. The predicted molar refractivity (Wildman–Crippen MR) is 160 cm³/mol. The van der Waals surface area contributed by atoms with E-state index in [0.717, 1.165) is 38.7 Å². The van der Waals surface area contributed by atoms with Gasteiger partial charge in [-0.25, -0.2) is 4.79 Å². The van der Waals surface area contributed by atoms with Crippen LogP contribution in [0.4, 0.5) is 0 Å². The molecule has 204 valence electrons. The second kappa shape index (κ2) is 11.0. The highest BCUT2D eigenvalue weighted by atomic mass is 16.4. The number of hydrogen-bond acceptors (Lipinski definition) is 5. The summed E-state index contributed by atoms with van der Waals surface area (Å²) in [6, 6.07) is 31.1. The second-order valence-corrected chi connectivity index (χ2v) is 10.1. The number of carbonyl (C=O) groups is 2. The Morgan fingerprint density at radius 2 is 1.74 bits per heavy atom. The molecule has 0 spiro atoms. The van der Waals surface area contributed by atoms with Crippen molar-refractivity contribution in [1.29, 1.82) is 5.26 Å². The van der Waals surface area contributed by atoms with Gasteiger partial charge in [0.05, 0.1) is 58.3 Å². The Morgan fingerprint density at radius 3 is 2.52 bits per heavy atom. The van der Waals surface area contributed by atoms with E-state index in [9.17, 15) is 20.0 Å². The van der Waals surface area contributed by atoms with Crippen LogP contribution in [0.2, 0.25) is 0 Å². The number of nitrogens with zero attached hydrogens (tertiary/aromatic N) is 4. The number of rotatable bonds is 7. The predicted octanol–water partition coefficient (Wildman–Crippen LogP) is 6.36. The Morgan fingerprint density at radius 1 is 0.929 bits per heavy atom. The molecule has 2 aromatic heterocycles. The maximum atomic E-state index is 13.9. The highest BCUT2D eigenvalue weighted by molar-refractivity contribution is 6.07. The average molecular weight is 552 g/mol. The smallest absolute Gasteiger partial charge is 0.335 e. The summed E-state index contributed by atoms with van der Waals surface area (Å²) in [7, 11) is 0. The minimum atomic E-state index is -1.01. The standard InChI is InChI=1S/C34H25N5O3/c1-21(23-9-11-25(12-10-23)34(41)42)37-33(40)30-17-27(26-7-4-5-22(15-26)18-35)16-28-19-36-39(32(28)30)20-29-14-13-24-6-2-3-8-31(24)38-29/h2-17,19,21H,20H2,1H3,(H,37,40)(H,41,42)/t21-/m0/s1. The number of carboxylic acids is 1. The molecule has 4 aromatic carbocycles. The van der Waals surface area contributed by atoms with E-state index < -0.39 is 5.97 Å². The minimum Gasteiger partial charge on any atom is -0.478 e. The van der Waals surface area contributed by atoms with Crippen molar-refractivity contribution >= 4 is 33.7 Å². The first-order valence-corrected chi connectivity index (χ1v) is 13.4. The summed E-state index contributed by atoms with van der Waals surface area (Å²) >= 11 is 0. The first-order valence-electron chi connectivity index (χ1n) is 13.4. The van der Waals surface area contributed by atoms with Crippen LogP contribution in [0.1, 0.15) is 50.5 Å². The maximum absolute atomic E-state index is 13.9. The number of aromatic carboxylic acids is 1. The molecule has 0 unspecified atom stereocenters. The monoisotopic (exact) mass is 551 g/mol. The lowest BCUT2D eigenvalue weighted by Crippen LogP contribution is -2.27. The van der Waals surface area contributed by atoms with Crippen LogP contribution in [0.5, 0.6) is 0 Å². The van der Waals surface area contributed by atoms with Crippen LogP contribution < -0.4 is 5.32 Å². The maximum Gasteiger partial charge on any atom is 0.335 e. The number of fused-ring (bicyclic) bond motifs is 2. The molecule has 0 saturated heterocycles. The molecule has 0 aliphatic heterocycles. The zero-order valence-electron chi connectivity index (χ0n) is 22.7. The van der Waals surface area contributed by atoms with E-state index in [1.807, 2.05) is 67.6 Å². The van der Waals surface area contributed by atoms with E-state index in [0.29, 0.717) is 23.2 Å². The molecule has 0 aliphatic carbocycles. The van der Waals surface area contributed by atoms with Gasteiger partial charge >= 0.3 is 5.97 Å². The fourth-order valence-electron chi connectivity index (χ4n) is 5.08. The number of para-hydroxylation sites is 1. The summed E-state index contributed by atoms with van der Waals surface area (Å²) in [5, 5.41) is 28.2. The van der Waals surface area contributed by atoms with Gasteiger partial charge in [-0.3, -0.25) is 14.5 Å². The summed E-state index contributed by atoms with van der Waals surface area (Å²) in [4.78, 5) is 29.9. The van der Waals surface area contributed by atoms with Crippen LogP contribution in [-0.2, 0) is 6.54 Å². The van der Waals surface area contributed by atoms with Gasteiger partial charge in [0.1, 0.15) is 0 Å². The van der Waals surface area contributed by atoms with Crippen molar-refractivity contribution in [3.63, 3.8) is 0 Å². The summed E-state index contributed by atoms with van der Waals surface area (Å²) in [5.74, 6) is -1.31. The molecule has 2 heterocycles. The van der Waals surface area contributed by atoms with Crippen LogP contribution in [0.15, 0.2) is 103 Å². The summed E-state index contributed by atoms with van der Waals surface area (Å²) in [5.41, 5.74) is 5.85. The van der Waals surface area contributed by atoms with Gasteiger partial charge in [-0.2, -0.15) is 10.4 Å². The third-order valence-electron chi connectivity index (χ3n) is 7.28. The quantitative estimate of drug-likeness (QED) is 0.238. The lowest BCUT2D eigenvalue weighted by atomic mass is 9.98. The molecular weight excluding hydrogens is 526 g/mol. The van der Waals surface area contributed by atoms with E-state index in [4.69, 9.17) is 4.98 Å². The molecule has 0 bridgehead atoms. The first-order chi connectivity index (χ1) is 20.4. The summed E-state index contributed by atoms with van der Waals surface area (Å²) < 4.78 is 1.78. The molecule has 0 aliphatic rings. The third kappa shape index (κ3) is 5.19. The number of hydrogen-bond donors (Lipinski definition) is 2. The Balaban J connectivity index is 1.41. The second-order valence-electron chi connectivity index (χ2n) is 10.1. The molecule has 0 radical (unpaired) electrons. The molecule has 8 heteroatoms. The molecule has 8 nitrogen and oxygen atoms in total. The van der Waals surface area contributed by atoms with Crippen LogP contribution in [0.25, 0.3) is 32.9 Å². The van der Waals surface area contributed by atoms with E-state index in [1.165, 1.54) is 12.1 Å². The van der Waals surface area contributed by atoms with Crippen LogP contribution >= 0.6 is 0 Å².